The molecule has 2 rings (SSSR count). The second kappa shape index (κ2) is 7.69. The Kier molecular flexibility index (Phi) is 5.64. The van der Waals surface area contributed by atoms with Crippen LogP contribution in [0.3, 0.4) is 0 Å². The van der Waals surface area contributed by atoms with Crippen LogP contribution < -0.4 is 5.43 Å². The normalized spacial score (nSPS) is 11.5. The van der Waals surface area contributed by atoms with E-state index in [1.807, 2.05) is 19.9 Å². The number of aryl methyl sites for hydroxylation is 3. The minimum atomic E-state index is 0.563. The summed E-state index contributed by atoms with van der Waals surface area (Å²) in [7, 11) is 0. The number of hydrogen-bond donors (Lipinski definition) is 1. The van der Waals surface area contributed by atoms with E-state index in [1.54, 1.807) is 0 Å². The second-order valence-electron chi connectivity index (χ2n) is 5.43. The molecule has 0 atom stereocenters. The van der Waals surface area contributed by atoms with Gasteiger partial charge in [0, 0.05) is 11.4 Å². The molecular formula is C18H24N4. The lowest BCUT2D eigenvalue weighted by molar-refractivity contribution is 0.866. The highest BCUT2D eigenvalue weighted by molar-refractivity contribution is 5.99. The maximum atomic E-state index is 4.49. The second-order valence-corrected chi connectivity index (χ2v) is 5.43. The minimum Gasteiger partial charge on any atom is -0.245 e. The van der Waals surface area contributed by atoms with Crippen molar-refractivity contribution < 1.29 is 0 Å². The summed E-state index contributed by atoms with van der Waals surface area (Å²) in [5.41, 5.74) is 8.34. The van der Waals surface area contributed by atoms with E-state index in [0.29, 0.717) is 5.95 Å². The molecule has 116 valence electrons. The van der Waals surface area contributed by atoms with Gasteiger partial charge in [0.05, 0.1) is 5.71 Å². The van der Waals surface area contributed by atoms with Crippen molar-refractivity contribution in [1.82, 2.24) is 9.97 Å². The molecule has 0 radical (unpaired) electrons. The fraction of sp³-hybridized carbons (Fsp3) is 0.389. The highest BCUT2D eigenvalue weighted by atomic mass is 15.4. The number of rotatable bonds is 6. The molecule has 0 saturated heterocycles. The van der Waals surface area contributed by atoms with Crippen LogP contribution in [-0.2, 0) is 12.8 Å². The van der Waals surface area contributed by atoms with Gasteiger partial charge in [-0.15, -0.1) is 0 Å². The molecule has 1 heterocycles. The Morgan fingerprint density at radius 1 is 1.14 bits per heavy atom. The van der Waals surface area contributed by atoms with Gasteiger partial charge < -0.3 is 0 Å². The average Bonchev–Trinajstić information content (AvgIpc) is 2.52. The van der Waals surface area contributed by atoms with E-state index in [1.165, 1.54) is 5.56 Å². The predicted octanol–water partition coefficient (Wildman–Crippen LogP) is 4.14. The molecule has 2 aromatic rings. The lowest BCUT2D eigenvalue weighted by atomic mass is 10.1. The molecule has 0 spiro atoms. The molecule has 0 aliphatic carbocycles. The van der Waals surface area contributed by atoms with E-state index in [0.717, 1.165) is 41.9 Å². The zero-order valence-electron chi connectivity index (χ0n) is 13.8. The van der Waals surface area contributed by atoms with Gasteiger partial charge in [-0.25, -0.2) is 15.4 Å². The maximum absolute atomic E-state index is 4.49. The Bertz CT molecular complexity index is 645. The monoisotopic (exact) mass is 296 g/mol. The van der Waals surface area contributed by atoms with Crippen molar-refractivity contribution in [3.05, 3.63) is 52.8 Å². The van der Waals surface area contributed by atoms with Gasteiger partial charge in [-0.05, 0) is 43.9 Å². The first-order valence-corrected chi connectivity index (χ1v) is 7.86. The quantitative estimate of drug-likeness (QED) is 0.644. The largest absolute Gasteiger partial charge is 0.245 e. The van der Waals surface area contributed by atoms with Crippen LogP contribution in [-0.4, -0.2) is 15.7 Å². The molecule has 4 heteroatoms. The van der Waals surface area contributed by atoms with Crippen molar-refractivity contribution in [3.8, 4) is 0 Å². The number of aromatic nitrogens is 2. The summed E-state index contributed by atoms with van der Waals surface area (Å²) < 4.78 is 0. The third kappa shape index (κ3) is 4.38. The van der Waals surface area contributed by atoms with Gasteiger partial charge >= 0.3 is 0 Å². The van der Waals surface area contributed by atoms with Crippen LogP contribution in [0.4, 0.5) is 5.95 Å². The van der Waals surface area contributed by atoms with Crippen molar-refractivity contribution in [3.63, 3.8) is 0 Å². The van der Waals surface area contributed by atoms with Gasteiger partial charge in [0.15, 0.2) is 0 Å². The van der Waals surface area contributed by atoms with Crippen LogP contribution in [0.5, 0.6) is 0 Å². The van der Waals surface area contributed by atoms with Crippen molar-refractivity contribution in [2.45, 2.75) is 47.0 Å². The van der Waals surface area contributed by atoms with Crippen molar-refractivity contribution in [1.29, 1.82) is 0 Å². The van der Waals surface area contributed by atoms with E-state index >= 15 is 0 Å². The molecule has 0 unspecified atom stereocenters. The third-order valence-electron chi connectivity index (χ3n) is 3.52. The maximum Gasteiger partial charge on any atom is 0.243 e. The molecule has 0 saturated carbocycles. The van der Waals surface area contributed by atoms with E-state index in [9.17, 15) is 0 Å². The zero-order chi connectivity index (χ0) is 15.9. The highest BCUT2D eigenvalue weighted by Gasteiger charge is 2.02. The van der Waals surface area contributed by atoms with Crippen LogP contribution in [0.2, 0.25) is 0 Å². The zero-order valence-corrected chi connectivity index (χ0v) is 13.8. The lowest BCUT2D eigenvalue weighted by Gasteiger charge is -2.06. The van der Waals surface area contributed by atoms with Gasteiger partial charge in [0.1, 0.15) is 0 Å². The van der Waals surface area contributed by atoms with Crippen molar-refractivity contribution in [2.75, 3.05) is 5.43 Å². The number of hydrazone groups is 1. The van der Waals surface area contributed by atoms with E-state index in [4.69, 9.17) is 0 Å². The number of hydrogen-bond acceptors (Lipinski definition) is 4. The summed E-state index contributed by atoms with van der Waals surface area (Å²) in [5.74, 6) is 0.563. The summed E-state index contributed by atoms with van der Waals surface area (Å²) >= 11 is 0. The molecular weight excluding hydrogens is 272 g/mol. The molecule has 4 nitrogen and oxygen atoms in total. The van der Waals surface area contributed by atoms with Crippen molar-refractivity contribution >= 4 is 11.7 Å². The molecule has 0 aliphatic rings. The Morgan fingerprint density at radius 3 is 2.50 bits per heavy atom. The molecule has 0 aliphatic heterocycles. The van der Waals surface area contributed by atoms with Gasteiger partial charge in [-0.1, -0.05) is 44.5 Å². The molecule has 0 fully saturated rings. The Morgan fingerprint density at radius 2 is 1.86 bits per heavy atom. The topological polar surface area (TPSA) is 50.2 Å². The van der Waals surface area contributed by atoms with E-state index in [2.05, 4.69) is 58.6 Å². The third-order valence-corrected chi connectivity index (χ3v) is 3.52. The number of nitrogens with zero attached hydrogens (tertiary/aromatic N) is 3. The smallest absolute Gasteiger partial charge is 0.243 e. The highest BCUT2D eigenvalue weighted by Crippen LogP contribution is 2.09. The molecule has 1 aromatic heterocycles. The molecule has 0 bridgehead atoms. The summed E-state index contributed by atoms with van der Waals surface area (Å²) in [5, 5.41) is 4.40. The first kappa shape index (κ1) is 16.1. The number of nitrogens with one attached hydrogen (secondary N) is 1. The van der Waals surface area contributed by atoms with E-state index < -0.39 is 0 Å². The van der Waals surface area contributed by atoms with Gasteiger partial charge in [0.2, 0.25) is 5.95 Å². The van der Waals surface area contributed by atoms with Crippen LogP contribution in [0.15, 0.2) is 35.4 Å². The Balaban J connectivity index is 2.12. The van der Waals surface area contributed by atoms with Gasteiger partial charge in [-0.2, -0.15) is 5.10 Å². The minimum absolute atomic E-state index is 0.563. The number of anilines is 1. The Hall–Kier alpha value is -2.23. The SMILES string of the molecule is CCCc1cc(C)nc(NN=C(C)c2ccc(CC)cc2)n1. The molecule has 1 N–H and O–H groups in total. The van der Waals surface area contributed by atoms with Crippen LogP contribution in [0.25, 0.3) is 0 Å². The molecule has 0 amide bonds. The van der Waals surface area contributed by atoms with E-state index in [-0.39, 0.29) is 0 Å². The predicted molar refractivity (Wildman–Crippen MR) is 92.4 cm³/mol. The summed E-state index contributed by atoms with van der Waals surface area (Å²) in [4.78, 5) is 8.87. The molecule has 1 aromatic carbocycles. The lowest BCUT2D eigenvalue weighted by Crippen LogP contribution is -2.05. The standard InChI is InChI=1S/C18H24N4/c1-5-7-17-12-13(3)19-18(20-17)22-21-14(4)16-10-8-15(6-2)9-11-16/h8-12H,5-7H2,1-4H3,(H,19,20,22). The first-order chi connectivity index (χ1) is 10.6. The van der Waals surface area contributed by atoms with Crippen LogP contribution >= 0.6 is 0 Å². The first-order valence-electron chi connectivity index (χ1n) is 7.86. The number of benzene rings is 1. The van der Waals surface area contributed by atoms with Crippen molar-refractivity contribution in [2.24, 2.45) is 5.10 Å². The molecule has 22 heavy (non-hydrogen) atoms. The average molecular weight is 296 g/mol. The summed E-state index contributed by atoms with van der Waals surface area (Å²) in [6.07, 6.45) is 3.08. The fourth-order valence-corrected chi connectivity index (χ4v) is 2.25. The summed E-state index contributed by atoms with van der Waals surface area (Å²) in [6.45, 7) is 8.26. The van der Waals surface area contributed by atoms with Crippen LogP contribution in [0, 0.1) is 6.92 Å². The Labute approximate surface area is 132 Å². The van der Waals surface area contributed by atoms with Gasteiger partial charge in [-0.3, -0.25) is 0 Å². The van der Waals surface area contributed by atoms with Gasteiger partial charge in [0.25, 0.3) is 0 Å². The summed E-state index contributed by atoms with van der Waals surface area (Å²) in [6, 6.07) is 10.5. The van der Waals surface area contributed by atoms with Crippen LogP contribution in [0.1, 0.15) is 49.7 Å². The fourth-order valence-electron chi connectivity index (χ4n) is 2.25.